The molecule has 0 aromatic heterocycles. The van der Waals surface area contributed by atoms with Crippen LogP contribution in [-0.2, 0) is 4.79 Å². The minimum Gasteiger partial charge on any atom is -0.339 e. The summed E-state index contributed by atoms with van der Waals surface area (Å²) in [5, 5.41) is 3.61. The van der Waals surface area contributed by atoms with Crippen molar-refractivity contribution in [3.8, 4) is 0 Å². The predicted molar refractivity (Wildman–Crippen MR) is 87.4 cm³/mol. The Labute approximate surface area is 130 Å². The number of likely N-dealkylation sites (tertiary alicyclic amines) is 1. The smallest absolute Gasteiger partial charge is 0.236 e. The molecule has 2 aliphatic rings. The van der Waals surface area contributed by atoms with Crippen LogP contribution in [0.5, 0.6) is 0 Å². The molecule has 2 rings (SSSR count). The Kier molecular flexibility index (Phi) is 5.67. The summed E-state index contributed by atoms with van der Waals surface area (Å²) in [6, 6.07) is 1.05. The van der Waals surface area contributed by atoms with Gasteiger partial charge in [0.2, 0.25) is 5.91 Å². The molecule has 0 spiro atoms. The van der Waals surface area contributed by atoms with E-state index in [-0.39, 0.29) is 5.54 Å². The van der Waals surface area contributed by atoms with Crippen molar-refractivity contribution in [2.45, 2.75) is 77.4 Å². The Morgan fingerprint density at radius 3 is 2.52 bits per heavy atom. The van der Waals surface area contributed by atoms with Crippen LogP contribution >= 0.6 is 0 Å². The number of hydrogen-bond acceptors (Lipinski definition) is 3. The van der Waals surface area contributed by atoms with Gasteiger partial charge in [0, 0.05) is 30.7 Å². The molecule has 1 N–H and O–H groups in total. The highest BCUT2D eigenvalue weighted by molar-refractivity contribution is 5.79. The highest BCUT2D eigenvalue weighted by Gasteiger charge is 2.33. The third kappa shape index (κ3) is 5.26. The van der Waals surface area contributed by atoms with Crippen molar-refractivity contribution >= 4 is 5.91 Å². The molecule has 1 unspecified atom stereocenters. The molecular weight excluding hydrogens is 262 g/mol. The summed E-state index contributed by atoms with van der Waals surface area (Å²) >= 11 is 0. The van der Waals surface area contributed by atoms with Crippen molar-refractivity contribution < 1.29 is 4.79 Å². The van der Waals surface area contributed by atoms with Crippen molar-refractivity contribution in [1.82, 2.24) is 15.1 Å². The summed E-state index contributed by atoms with van der Waals surface area (Å²) < 4.78 is 0. The van der Waals surface area contributed by atoms with E-state index in [2.05, 4.69) is 42.8 Å². The second-order valence-corrected chi connectivity index (χ2v) is 7.66. The van der Waals surface area contributed by atoms with Crippen LogP contribution in [0, 0.1) is 0 Å². The van der Waals surface area contributed by atoms with E-state index in [1.165, 1.54) is 32.1 Å². The molecule has 0 bridgehead atoms. The van der Waals surface area contributed by atoms with Crippen molar-refractivity contribution in [2.75, 3.05) is 26.2 Å². The van der Waals surface area contributed by atoms with Crippen LogP contribution in [0.25, 0.3) is 0 Å². The van der Waals surface area contributed by atoms with Gasteiger partial charge in [0.05, 0.1) is 6.54 Å². The van der Waals surface area contributed by atoms with E-state index in [1.54, 1.807) is 0 Å². The molecule has 0 aromatic carbocycles. The highest BCUT2D eigenvalue weighted by Crippen LogP contribution is 2.27. The Bertz CT molecular complexity index is 346. The Hall–Kier alpha value is -0.610. The fraction of sp³-hybridized carbons (Fsp3) is 0.941. The van der Waals surface area contributed by atoms with Gasteiger partial charge in [0.25, 0.3) is 0 Å². The van der Waals surface area contributed by atoms with E-state index >= 15 is 0 Å². The number of hydrogen-bond donors (Lipinski definition) is 1. The van der Waals surface area contributed by atoms with Crippen LogP contribution in [0.2, 0.25) is 0 Å². The Morgan fingerprint density at radius 2 is 1.95 bits per heavy atom. The van der Waals surface area contributed by atoms with Gasteiger partial charge < -0.3 is 10.2 Å². The molecule has 1 saturated heterocycles. The number of amides is 1. The van der Waals surface area contributed by atoms with E-state index in [9.17, 15) is 4.79 Å². The zero-order chi connectivity index (χ0) is 15.5. The molecule has 1 saturated carbocycles. The van der Waals surface area contributed by atoms with Gasteiger partial charge in [-0.25, -0.2) is 0 Å². The fourth-order valence-corrected chi connectivity index (χ4v) is 3.21. The first-order valence-electron chi connectivity index (χ1n) is 8.69. The number of carbonyl (C=O) groups is 1. The van der Waals surface area contributed by atoms with E-state index in [4.69, 9.17) is 0 Å². The molecule has 2 fully saturated rings. The molecule has 1 heterocycles. The van der Waals surface area contributed by atoms with Gasteiger partial charge in [-0.3, -0.25) is 9.69 Å². The first-order chi connectivity index (χ1) is 9.90. The summed E-state index contributed by atoms with van der Waals surface area (Å²) in [5.41, 5.74) is 0.149. The van der Waals surface area contributed by atoms with Crippen LogP contribution < -0.4 is 5.32 Å². The van der Waals surface area contributed by atoms with Gasteiger partial charge in [-0.1, -0.05) is 6.42 Å². The molecule has 1 aliphatic heterocycles. The number of nitrogens with zero attached hydrogens (tertiary/aromatic N) is 2. The van der Waals surface area contributed by atoms with Gasteiger partial charge in [0.1, 0.15) is 0 Å². The summed E-state index contributed by atoms with van der Waals surface area (Å²) in [4.78, 5) is 17.0. The van der Waals surface area contributed by atoms with E-state index < -0.39 is 0 Å². The average Bonchev–Trinajstić information content (AvgIpc) is 3.22. The van der Waals surface area contributed by atoms with Gasteiger partial charge in [-0.15, -0.1) is 0 Å². The van der Waals surface area contributed by atoms with Gasteiger partial charge in [-0.2, -0.15) is 0 Å². The molecule has 21 heavy (non-hydrogen) atoms. The van der Waals surface area contributed by atoms with E-state index in [1.807, 2.05) is 0 Å². The summed E-state index contributed by atoms with van der Waals surface area (Å²) in [6.07, 6.45) is 6.14. The minimum atomic E-state index is 0.149. The third-order valence-electron chi connectivity index (χ3n) is 4.60. The van der Waals surface area contributed by atoms with Crippen molar-refractivity contribution in [1.29, 1.82) is 0 Å². The maximum absolute atomic E-state index is 12.5. The quantitative estimate of drug-likeness (QED) is 0.816. The lowest BCUT2D eigenvalue weighted by Gasteiger charge is -2.38. The average molecular weight is 295 g/mol. The molecular formula is C17H33N3O. The predicted octanol–water partition coefficient (Wildman–Crippen LogP) is 2.24. The Morgan fingerprint density at radius 1 is 1.24 bits per heavy atom. The number of likely N-dealkylation sites (N-methyl/N-ethyl adjacent to an activating group) is 1. The monoisotopic (exact) mass is 295 g/mol. The van der Waals surface area contributed by atoms with Crippen LogP contribution in [0.3, 0.4) is 0 Å². The zero-order valence-corrected chi connectivity index (χ0v) is 14.3. The summed E-state index contributed by atoms with van der Waals surface area (Å²) in [6.45, 7) is 12.3. The second-order valence-electron chi connectivity index (χ2n) is 7.66. The lowest BCUT2D eigenvalue weighted by atomic mass is 10.0. The second kappa shape index (κ2) is 7.10. The number of rotatable bonds is 6. The van der Waals surface area contributed by atoms with Gasteiger partial charge >= 0.3 is 0 Å². The summed E-state index contributed by atoms with van der Waals surface area (Å²) in [5.74, 6) is 0.336. The number of piperidine rings is 1. The first kappa shape index (κ1) is 16.8. The largest absolute Gasteiger partial charge is 0.339 e. The van der Waals surface area contributed by atoms with Crippen LogP contribution in [-0.4, -0.2) is 59.5 Å². The number of nitrogens with one attached hydrogen (secondary N) is 1. The molecule has 0 radical (unpaired) electrons. The lowest BCUT2D eigenvalue weighted by Crippen LogP contribution is -2.52. The van der Waals surface area contributed by atoms with Gasteiger partial charge in [0.15, 0.2) is 0 Å². The fourth-order valence-electron chi connectivity index (χ4n) is 3.21. The van der Waals surface area contributed by atoms with Crippen LogP contribution in [0.15, 0.2) is 0 Å². The summed E-state index contributed by atoms with van der Waals surface area (Å²) in [7, 11) is 0. The Balaban J connectivity index is 1.87. The first-order valence-corrected chi connectivity index (χ1v) is 8.69. The van der Waals surface area contributed by atoms with Crippen LogP contribution in [0.4, 0.5) is 0 Å². The molecule has 122 valence electrons. The molecule has 4 heteroatoms. The molecule has 1 atom stereocenters. The standard InChI is InChI=1S/C17H33N3O/c1-5-20(14-9-10-14)16(21)13-19-11-7-6-8-15(19)12-18-17(2,3)4/h14-15,18H,5-13H2,1-4H3. The van der Waals surface area contributed by atoms with Crippen molar-refractivity contribution in [3.05, 3.63) is 0 Å². The maximum atomic E-state index is 12.5. The van der Waals surface area contributed by atoms with E-state index in [0.29, 0.717) is 24.5 Å². The van der Waals surface area contributed by atoms with Crippen LogP contribution in [0.1, 0.15) is 59.8 Å². The molecule has 1 aliphatic carbocycles. The third-order valence-corrected chi connectivity index (χ3v) is 4.60. The molecule has 1 amide bonds. The topological polar surface area (TPSA) is 35.6 Å². The zero-order valence-electron chi connectivity index (χ0n) is 14.3. The SMILES string of the molecule is CCN(C(=O)CN1CCCCC1CNC(C)(C)C)C1CC1. The van der Waals surface area contributed by atoms with E-state index in [0.717, 1.165) is 19.6 Å². The van der Waals surface area contributed by atoms with Crippen molar-refractivity contribution in [3.63, 3.8) is 0 Å². The van der Waals surface area contributed by atoms with Crippen molar-refractivity contribution in [2.24, 2.45) is 0 Å². The maximum Gasteiger partial charge on any atom is 0.236 e. The normalized spacial score (nSPS) is 24.1. The highest BCUT2D eigenvalue weighted by atomic mass is 16.2. The molecule has 4 nitrogen and oxygen atoms in total. The lowest BCUT2D eigenvalue weighted by molar-refractivity contribution is -0.133. The number of carbonyl (C=O) groups excluding carboxylic acids is 1. The molecule has 0 aromatic rings. The van der Waals surface area contributed by atoms with Gasteiger partial charge in [-0.05, 0) is 59.9 Å². The minimum absolute atomic E-state index is 0.149.